The van der Waals surface area contributed by atoms with Gasteiger partial charge in [-0.25, -0.2) is 4.98 Å². The van der Waals surface area contributed by atoms with E-state index in [1.807, 2.05) is 24.3 Å². The molecule has 0 amide bonds. The predicted octanol–water partition coefficient (Wildman–Crippen LogP) is 3.64. The van der Waals surface area contributed by atoms with Crippen molar-refractivity contribution in [2.75, 3.05) is 37.4 Å². The molecule has 1 aromatic carbocycles. The summed E-state index contributed by atoms with van der Waals surface area (Å²) in [4.78, 5) is 11.6. The summed E-state index contributed by atoms with van der Waals surface area (Å²) in [6.07, 6.45) is 8.79. The molecular weight excluding hydrogens is 452 g/mol. The van der Waals surface area contributed by atoms with Gasteiger partial charge in [0.05, 0.1) is 19.4 Å². The molecule has 4 aliphatic carbocycles. The van der Waals surface area contributed by atoms with E-state index in [1.165, 1.54) is 32.1 Å². The Morgan fingerprint density at radius 1 is 1.19 bits per heavy atom. The van der Waals surface area contributed by atoms with E-state index >= 15 is 0 Å². The summed E-state index contributed by atoms with van der Waals surface area (Å²) in [5.41, 5.74) is 1.77. The highest BCUT2D eigenvalue weighted by Crippen LogP contribution is 2.61. The van der Waals surface area contributed by atoms with Crippen molar-refractivity contribution in [1.29, 1.82) is 5.26 Å². The largest absolute Gasteiger partial charge is 0.496 e. The SMILES string of the molecule is COc1ccccc1CNc1ncc(C#N)c(NCC23CC4C[C@@H](C2)C(N2CCC(O)C2)[C@@H](C4)C3)n1. The predicted molar refractivity (Wildman–Crippen MR) is 138 cm³/mol. The number of benzene rings is 1. The molecule has 3 N–H and O–H groups in total. The van der Waals surface area contributed by atoms with Gasteiger partial charge in [0.15, 0.2) is 0 Å². The first-order chi connectivity index (χ1) is 17.6. The Balaban J connectivity index is 1.14. The number of nitrogens with zero attached hydrogens (tertiary/aromatic N) is 4. The Hall–Kier alpha value is -2.89. The van der Waals surface area contributed by atoms with Gasteiger partial charge in [0.2, 0.25) is 5.95 Å². The molecule has 5 fully saturated rings. The number of aliphatic hydroxyl groups is 1. The topological polar surface area (TPSA) is 106 Å². The van der Waals surface area contributed by atoms with Crippen molar-refractivity contribution in [3.8, 4) is 11.8 Å². The second-order valence-corrected chi connectivity index (χ2v) is 11.5. The fraction of sp³-hybridized carbons (Fsp3) is 0.607. The number of nitriles is 1. The zero-order valence-electron chi connectivity index (χ0n) is 21.0. The van der Waals surface area contributed by atoms with Crippen LogP contribution in [-0.2, 0) is 6.54 Å². The molecule has 2 heterocycles. The second-order valence-electron chi connectivity index (χ2n) is 11.5. The molecule has 5 aliphatic rings. The molecule has 36 heavy (non-hydrogen) atoms. The first-order valence-corrected chi connectivity index (χ1v) is 13.3. The van der Waals surface area contributed by atoms with Crippen molar-refractivity contribution in [3.05, 3.63) is 41.6 Å². The normalized spacial score (nSPS) is 32.9. The Morgan fingerprint density at radius 2 is 2.00 bits per heavy atom. The Bertz CT molecular complexity index is 1130. The molecule has 4 saturated carbocycles. The number of ether oxygens (including phenoxy) is 1. The zero-order valence-corrected chi connectivity index (χ0v) is 21.0. The smallest absolute Gasteiger partial charge is 0.224 e. The van der Waals surface area contributed by atoms with Gasteiger partial charge in [0.25, 0.3) is 0 Å². The monoisotopic (exact) mass is 488 g/mol. The summed E-state index contributed by atoms with van der Waals surface area (Å²) >= 11 is 0. The molecule has 2 aromatic rings. The third-order valence-corrected chi connectivity index (χ3v) is 9.14. The number of anilines is 2. The van der Waals surface area contributed by atoms with Crippen molar-refractivity contribution >= 4 is 11.8 Å². The van der Waals surface area contributed by atoms with Gasteiger partial charge in [-0.2, -0.15) is 10.2 Å². The fourth-order valence-electron chi connectivity index (χ4n) is 8.00. The quantitative estimate of drug-likeness (QED) is 0.517. The minimum absolute atomic E-state index is 0.147. The molecular formula is C28H36N6O2. The third kappa shape index (κ3) is 4.39. The summed E-state index contributed by atoms with van der Waals surface area (Å²) < 4.78 is 5.44. The van der Waals surface area contributed by atoms with Crippen LogP contribution in [0.2, 0.25) is 0 Å². The lowest BCUT2D eigenvalue weighted by molar-refractivity contribution is -0.103. The van der Waals surface area contributed by atoms with E-state index in [1.54, 1.807) is 13.3 Å². The maximum absolute atomic E-state index is 10.1. The molecule has 7 rings (SSSR count). The van der Waals surface area contributed by atoms with Gasteiger partial charge in [-0.15, -0.1) is 0 Å². The molecule has 1 aliphatic heterocycles. The van der Waals surface area contributed by atoms with Crippen LogP contribution in [0, 0.1) is 34.5 Å². The van der Waals surface area contributed by atoms with Gasteiger partial charge in [0.1, 0.15) is 23.2 Å². The highest BCUT2D eigenvalue weighted by molar-refractivity contribution is 5.53. The van der Waals surface area contributed by atoms with Crippen LogP contribution in [0.25, 0.3) is 0 Å². The summed E-state index contributed by atoms with van der Waals surface area (Å²) in [6, 6.07) is 10.8. The van der Waals surface area contributed by atoms with Crippen LogP contribution in [-0.4, -0.2) is 58.9 Å². The van der Waals surface area contributed by atoms with E-state index in [0.29, 0.717) is 29.9 Å². The first-order valence-electron chi connectivity index (χ1n) is 13.3. The minimum atomic E-state index is -0.147. The number of aromatic nitrogens is 2. The van der Waals surface area contributed by atoms with E-state index in [9.17, 15) is 10.4 Å². The summed E-state index contributed by atoms with van der Waals surface area (Å²) in [6.45, 7) is 3.29. The Kier molecular flexibility index (Phi) is 6.22. The average molecular weight is 489 g/mol. The van der Waals surface area contributed by atoms with Gasteiger partial charge in [0, 0.05) is 37.8 Å². The van der Waals surface area contributed by atoms with Gasteiger partial charge < -0.3 is 20.5 Å². The third-order valence-electron chi connectivity index (χ3n) is 9.14. The van der Waals surface area contributed by atoms with Crippen LogP contribution in [0.4, 0.5) is 11.8 Å². The number of para-hydroxylation sites is 1. The Labute approximate surface area is 213 Å². The van der Waals surface area contributed by atoms with E-state index < -0.39 is 0 Å². The van der Waals surface area contributed by atoms with Gasteiger partial charge in [-0.1, -0.05) is 18.2 Å². The average Bonchev–Trinajstić information content (AvgIpc) is 3.31. The maximum Gasteiger partial charge on any atom is 0.224 e. The molecule has 1 unspecified atom stereocenters. The van der Waals surface area contributed by atoms with Crippen molar-refractivity contribution in [3.63, 3.8) is 0 Å². The van der Waals surface area contributed by atoms with E-state index in [-0.39, 0.29) is 11.5 Å². The van der Waals surface area contributed by atoms with Crippen LogP contribution in [0.15, 0.2) is 30.5 Å². The van der Waals surface area contributed by atoms with Crippen molar-refractivity contribution in [2.45, 2.75) is 57.2 Å². The van der Waals surface area contributed by atoms with Gasteiger partial charge in [-0.05, 0) is 67.8 Å². The number of nitrogens with one attached hydrogen (secondary N) is 2. The zero-order chi connectivity index (χ0) is 24.7. The number of methoxy groups -OCH3 is 1. The van der Waals surface area contributed by atoms with E-state index in [4.69, 9.17) is 4.74 Å². The number of hydrogen-bond donors (Lipinski definition) is 3. The number of aliphatic hydroxyl groups excluding tert-OH is 1. The van der Waals surface area contributed by atoms with Crippen molar-refractivity contribution in [2.24, 2.45) is 23.2 Å². The number of likely N-dealkylation sites (tertiary alicyclic amines) is 1. The second kappa shape index (κ2) is 9.53. The molecule has 1 saturated heterocycles. The van der Waals surface area contributed by atoms with Crippen LogP contribution >= 0.6 is 0 Å². The molecule has 190 valence electrons. The van der Waals surface area contributed by atoms with Crippen LogP contribution in [0.5, 0.6) is 5.75 Å². The highest BCUT2D eigenvalue weighted by Gasteiger charge is 2.56. The number of rotatable bonds is 8. The molecule has 0 radical (unpaired) electrons. The van der Waals surface area contributed by atoms with Crippen molar-refractivity contribution in [1.82, 2.24) is 14.9 Å². The summed E-state index contributed by atoms with van der Waals surface area (Å²) in [5, 5.41) is 26.7. The minimum Gasteiger partial charge on any atom is -0.496 e. The molecule has 3 atom stereocenters. The van der Waals surface area contributed by atoms with Crippen LogP contribution in [0.1, 0.15) is 49.7 Å². The van der Waals surface area contributed by atoms with Gasteiger partial charge in [-0.3, -0.25) is 4.90 Å². The van der Waals surface area contributed by atoms with E-state index in [2.05, 4.69) is 31.6 Å². The maximum atomic E-state index is 10.1. The van der Waals surface area contributed by atoms with E-state index in [0.717, 1.165) is 55.1 Å². The lowest BCUT2D eigenvalue weighted by atomic mass is 9.47. The summed E-state index contributed by atoms with van der Waals surface area (Å²) in [7, 11) is 1.67. The molecule has 0 spiro atoms. The molecule has 8 heteroatoms. The first kappa shape index (κ1) is 23.5. The molecule has 1 aromatic heterocycles. The van der Waals surface area contributed by atoms with Gasteiger partial charge >= 0.3 is 0 Å². The Morgan fingerprint density at radius 3 is 2.72 bits per heavy atom. The standard InChI is InChI=1S/C28H36N6O2/c1-36-24-5-3-2-4-19(24)14-30-27-31-15-22(13-29)26(33-27)32-17-28-10-18-8-20(11-28)25(21(9-18)12-28)34-7-6-23(35)16-34/h2-5,15,18,20-21,23,25,35H,6-12,14,16-17H2,1H3,(H2,30,31,32,33)/t18?,20-,21-,23?,25?,28?/m0/s1. The highest BCUT2D eigenvalue weighted by atomic mass is 16.5. The fourth-order valence-corrected chi connectivity index (χ4v) is 8.00. The van der Waals surface area contributed by atoms with Crippen molar-refractivity contribution < 1.29 is 9.84 Å². The van der Waals surface area contributed by atoms with Crippen LogP contribution in [0.3, 0.4) is 0 Å². The molecule has 8 nitrogen and oxygen atoms in total. The molecule has 4 bridgehead atoms. The number of β-amino-alcohol motifs (C(OH)–C–C–N with tert-alkyl or cyclic N) is 1. The van der Waals surface area contributed by atoms with Crippen LogP contribution < -0.4 is 15.4 Å². The number of hydrogen-bond acceptors (Lipinski definition) is 8. The lowest BCUT2D eigenvalue weighted by Crippen LogP contribution is -2.60. The summed E-state index contributed by atoms with van der Waals surface area (Å²) in [5.74, 6) is 4.20. The lowest BCUT2D eigenvalue weighted by Gasteiger charge is -2.62.